The zero-order valence-corrected chi connectivity index (χ0v) is 38.2. The lowest BCUT2D eigenvalue weighted by molar-refractivity contribution is 0.418. The molecule has 0 aliphatic heterocycles. The lowest BCUT2D eigenvalue weighted by Crippen LogP contribution is -2.10. The maximum atomic E-state index is 5.25. The Morgan fingerprint density at radius 2 is 0.914 bits per heavy atom. The Labute approximate surface area is 368 Å². The number of halogens is 2. The van der Waals surface area contributed by atoms with Crippen LogP contribution in [0, 0.1) is 36.0 Å². The third-order valence-corrected chi connectivity index (χ3v) is 12.5. The number of aryl methyl sites for hydroxylation is 3. The van der Waals surface area contributed by atoms with Crippen molar-refractivity contribution in [2.75, 3.05) is 0 Å². The van der Waals surface area contributed by atoms with E-state index in [1.54, 1.807) is 0 Å². The second-order valence-corrected chi connectivity index (χ2v) is 17.5. The monoisotopic (exact) mass is 890 g/mol. The molecule has 0 amide bonds. The fraction of sp³-hybridized carbons (Fsp3) is 0.357. The summed E-state index contributed by atoms with van der Waals surface area (Å²) in [7, 11) is 0. The van der Waals surface area contributed by atoms with Crippen molar-refractivity contribution in [1.82, 2.24) is 0 Å². The van der Waals surface area contributed by atoms with Crippen LogP contribution in [0.5, 0.6) is 0 Å². The van der Waals surface area contributed by atoms with Crippen molar-refractivity contribution in [3.63, 3.8) is 0 Å². The third kappa shape index (κ3) is 14.5. The van der Waals surface area contributed by atoms with Gasteiger partial charge in [0.25, 0.3) is 0 Å². The van der Waals surface area contributed by atoms with E-state index in [-0.39, 0.29) is 0 Å². The molecular formula is C56H60Br2. The lowest BCUT2D eigenvalue weighted by Gasteiger charge is -2.27. The Kier molecular flexibility index (Phi) is 19.0. The van der Waals surface area contributed by atoms with Gasteiger partial charge >= 0.3 is 0 Å². The average molecular weight is 893 g/mol. The Morgan fingerprint density at radius 1 is 0.483 bits per heavy atom. The minimum Gasteiger partial charge on any atom is -0.115 e. The lowest BCUT2D eigenvalue weighted by atomic mass is 9.78. The molecule has 2 aliphatic rings. The van der Waals surface area contributed by atoms with E-state index in [0.717, 1.165) is 46.6 Å². The van der Waals surface area contributed by atoms with Gasteiger partial charge in [0, 0.05) is 36.8 Å². The van der Waals surface area contributed by atoms with Gasteiger partial charge in [-0.15, -0.1) is 6.42 Å². The summed E-state index contributed by atoms with van der Waals surface area (Å²) >= 11 is 7.08. The SMILES string of the molecule is Brc1ccc(Br)c(C2CCC2)c1.C#Cc1ccc(CCCC)cc1.CCCCc1ccc(C#Cc2ccc(C#Cc3ccc(CCCC)cc3)c(C3CCC3)c2)cc1. The topological polar surface area (TPSA) is 0 Å². The molecule has 0 bridgehead atoms. The highest BCUT2D eigenvalue weighted by molar-refractivity contribution is 9.11. The van der Waals surface area contributed by atoms with Gasteiger partial charge in [-0.1, -0.05) is 151 Å². The molecule has 0 spiro atoms. The second kappa shape index (κ2) is 24.6. The zero-order chi connectivity index (χ0) is 41.0. The minimum atomic E-state index is 0.625. The molecule has 0 saturated heterocycles. The summed E-state index contributed by atoms with van der Waals surface area (Å²) in [6, 6.07) is 38.8. The molecule has 0 nitrogen and oxygen atoms in total. The van der Waals surface area contributed by atoms with Gasteiger partial charge in [-0.25, -0.2) is 0 Å². The second-order valence-electron chi connectivity index (χ2n) is 15.8. The molecule has 0 unspecified atom stereocenters. The van der Waals surface area contributed by atoms with E-state index in [9.17, 15) is 0 Å². The standard InChI is InChI=1S/C34H36.C12H14.C10H10Br2/c1-3-5-8-27-12-16-29(17-13-27)20-21-31-23-25-33(34(26-31)32-10-7-11-32)24-22-30-18-14-28(15-19-30)9-6-4-2;1-3-5-6-12-9-7-11(4-2)8-10-12;11-8-4-5-10(12)9(6-8)7-2-1-3-7/h12-19,23,25-26,32H,3-11H2,1-2H3;2,7-10H,3,5-6H2,1H3;4-7H,1-3H2. The molecule has 5 aromatic rings. The molecule has 0 radical (unpaired) electrons. The minimum absolute atomic E-state index is 0.625. The van der Waals surface area contributed by atoms with Crippen LogP contribution in [0.1, 0.15) is 165 Å². The van der Waals surface area contributed by atoms with Crippen molar-refractivity contribution in [2.24, 2.45) is 0 Å². The van der Waals surface area contributed by atoms with Crippen LogP contribution in [0.25, 0.3) is 0 Å². The molecule has 0 aromatic heterocycles. The van der Waals surface area contributed by atoms with Crippen LogP contribution in [0.4, 0.5) is 0 Å². The summed E-state index contributed by atoms with van der Waals surface area (Å²) in [5.74, 6) is 17.7. The first-order valence-corrected chi connectivity index (χ1v) is 23.3. The number of hydrogen-bond acceptors (Lipinski definition) is 0. The van der Waals surface area contributed by atoms with Crippen molar-refractivity contribution in [1.29, 1.82) is 0 Å². The van der Waals surface area contributed by atoms with Gasteiger partial charge in [-0.05, 0) is 177 Å². The molecule has 298 valence electrons. The van der Waals surface area contributed by atoms with Crippen LogP contribution < -0.4 is 0 Å². The first-order chi connectivity index (χ1) is 28.4. The number of terminal acetylenes is 1. The predicted molar refractivity (Wildman–Crippen MR) is 257 cm³/mol. The molecule has 5 aromatic carbocycles. The van der Waals surface area contributed by atoms with E-state index in [2.05, 4.69) is 179 Å². The van der Waals surface area contributed by atoms with Gasteiger partial charge in [-0.2, -0.15) is 0 Å². The van der Waals surface area contributed by atoms with Crippen LogP contribution in [0.2, 0.25) is 0 Å². The average Bonchev–Trinajstić information content (AvgIpc) is 3.22. The molecule has 58 heavy (non-hydrogen) atoms. The summed E-state index contributed by atoms with van der Waals surface area (Å²) in [5.41, 5.74) is 12.4. The molecule has 2 fully saturated rings. The summed E-state index contributed by atoms with van der Waals surface area (Å²) < 4.78 is 2.45. The van der Waals surface area contributed by atoms with Gasteiger partial charge in [0.1, 0.15) is 0 Å². The Hall–Kier alpha value is -4.26. The summed E-state index contributed by atoms with van der Waals surface area (Å²) in [6.45, 7) is 6.68. The normalized spacial score (nSPS) is 13.0. The smallest absolute Gasteiger partial charge is 0.0284 e. The highest BCUT2D eigenvalue weighted by Gasteiger charge is 2.22. The molecule has 2 heteroatoms. The fourth-order valence-electron chi connectivity index (χ4n) is 7.06. The molecular weight excluding hydrogens is 832 g/mol. The molecule has 0 N–H and O–H groups in total. The number of rotatable bonds is 11. The summed E-state index contributed by atoms with van der Waals surface area (Å²) in [6.07, 6.45) is 24.1. The largest absolute Gasteiger partial charge is 0.115 e. The Balaban J connectivity index is 0.000000215. The Morgan fingerprint density at radius 3 is 1.36 bits per heavy atom. The van der Waals surface area contributed by atoms with E-state index in [0.29, 0.717) is 5.92 Å². The van der Waals surface area contributed by atoms with Crippen LogP contribution >= 0.6 is 31.9 Å². The van der Waals surface area contributed by atoms with Crippen molar-refractivity contribution in [2.45, 2.75) is 129 Å². The maximum absolute atomic E-state index is 5.25. The highest BCUT2D eigenvalue weighted by Crippen LogP contribution is 2.41. The van der Waals surface area contributed by atoms with Crippen LogP contribution in [0.3, 0.4) is 0 Å². The molecule has 0 heterocycles. The molecule has 0 atom stereocenters. The third-order valence-electron chi connectivity index (χ3n) is 11.3. The quantitative estimate of drug-likeness (QED) is 0.116. The van der Waals surface area contributed by atoms with E-state index in [4.69, 9.17) is 6.42 Å². The molecule has 7 rings (SSSR count). The number of unbranched alkanes of at least 4 members (excludes halogenated alkanes) is 3. The van der Waals surface area contributed by atoms with E-state index in [1.165, 1.54) is 120 Å². The van der Waals surface area contributed by atoms with Gasteiger partial charge in [0.15, 0.2) is 0 Å². The zero-order valence-electron chi connectivity index (χ0n) is 35.0. The van der Waals surface area contributed by atoms with Crippen LogP contribution in [-0.2, 0) is 19.3 Å². The first-order valence-electron chi connectivity index (χ1n) is 21.7. The van der Waals surface area contributed by atoms with Crippen LogP contribution in [-0.4, -0.2) is 0 Å². The van der Waals surface area contributed by atoms with Gasteiger partial charge < -0.3 is 0 Å². The predicted octanol–water partition coefficient (Wildman–Crippen LogP) is 15.9. The van der Waals surface area contributed by atoms with E-state index in [1.807, 2.05) is 12.1 Å². The van der Waals surface area contributed by atoms with Crippen molar-refractivity contribution < 1.29 is 0 Å². The number of hydrogen-bond donors (Lipinski definition) is 0. The molecule has 2 saturated carbocycles. The summed E-state index contributed by atoms with van der Waals surface area (Å²) in [5, 5.41) is 0. The van der Waals surface area contributed by atoms with Gasteiger partial charge in [0.05, 0.1) is 0 Å². The van der Waals surface area contributed by atoms with Gasteiger partial charge in [-0.3, -0.25) is 0 Å². The van der Waals surface area contributed by atoms with E-state index < -0.39 is 0 Å². The first kappa shape index (κ1) is 44.8. The van der Waals surface area contributed by atoms with Gasteiger partial charge in [0.2, 0.25) is 0 Å². The maximum Gasteiger partial charge on any atom is 0.0284 e. The van der Waals surface area contributed by atoms with Crippen molar-refractivity contribution in [3.05, 3.63) is 174 Å². The van der Waals surface area contributed by atoms with Crippen LogP contribution in [0.15, 0.2) is 118 Å². The van der Waals surface area contributed by atoms with Crippen molar-refractivity contribution in [3.8, 4) is 36.0 Å². The van der Waals surface area contributed by atoms with E-state index >= 15 is 0 Å². The van der Waals surface area contributed by atoms with Crippen molar-refractivity contribution >= 4 is 31.9 Å². The summed E-state index contributed by atoms with van der Waals surface area (Å²) in [4.78, 5) is 0. The highest BCUT2D eigenvalue weighted by atomic mass is 79.9. The Bertz CT molecular complexity index is 2170. The molecule has 2 aliphatic carbocycles. The fourth-order valence-corrected chi connectivity index (χ4v) is 8.01. The number of benzene rings is 5.